The largest absolute Gasteiger partial charge is 0.478 e. The van der Waals surface area contributed by atoms with Gasteiger partial charge in [0.25, 0.3) is 0 Å². The number of nitrogens with one attached hydrogen (secondary N) is 1. The van der Waals surface area contributed by atoms with E-state index in [1.807, 2.05) is 0 Å². The van der Waals surface area contributed by atoms with E-state index in [1.165, 1.54) is 12.1 Å². The van der Waals surface area contributed by atoms with Gasteiger partial charge in [-0.1, -0.05) is 29.3 Å². The predicted molar refractivity (Wildman–Crippen MR) is 77.1 cm³/mol. The molecular formula is C14H10Cl2FNO2. The summed E-state index contributed by atoms with van der Waals surface area (Å²) in [5.41, 5.74) is 0.921. The van der Waals surface area contributed by atoms with Crippen LogP contribution in [0.4, 0.5) is 10.1 Å². The van der Waals surface area contributed by atoms with E-state index in [4.69, 9.17) is 28.3 Å². The number of aromatic carboxylic acids is 1. The molecule has 0 saturated carbocycles. The fourth-order valence-corrected chi connectivity index (χ4v) is 2.14. The van der Waals surface area contributed by atoms with Gasteiger partial charge in [-0.3, -0.25) is 0 Å². The highest BCUT2D eigenvalue weighted by molar-refractivity contribution is 6.35. The summed E-state index contributed by atoms with van der Waals surface area (Å²) < 4.78 is 13.2. The van der Waals surface area contributed by atoms with Crippen molar-refractivity contribution in [1.29, 1.82) is 0 Å². The van der Waals surface area contributed by atoms with Crippen LogP contribution in [0.25, 0.3) is 0 Å². The number of benzene rings is 2. The number of carboxylic acid groups (broad SMARTS) is 1. The molecule has 0 unspecified atom stereocenters. The molecule has 0 bridgehead atoms. The number of hydrogen-bond donors (Lipinski definition) is 2. The molecule has 0 aliphatic carbocycles. The van der Waals surface area contributed by atoms with Gasteiger partial charge in [0.2, 0.25) is 0 Å². The summed E-state index contributed by atoms with van der Waals surface area (Å²) in [5, 5.41) is 12.9. The van der Waals surface area contributed by atoms with Gasteiger partial charge >= 0.3 is 5.97 Å². The molecule has 0 atom stereocenters. The van der Waals surface area contributed by atoms with Crippen molar-refractivity contribution in [2.24, 2.45) is 0 Å². The molecule has 0 saturated heterocycles. The van der Waals surface area contributed by atoms with E-state index in [9.17, 15) is 9.18 Å². The summed E-state index contributed by atoms with van der Waals surface area (Å²) in [7, 11) is 0. The minimum Gasteiger partial charge on any atom is -0.478 e. The van der Waals surface area contributed by atoms with Gasteiger partial charge in [-0.05, 0) is 35.9 Å². The Kier molecular flexibility index (Phi) is 4.47. The van der Waals surface area contributed by atoms with Gasteiger partial charge in [-0.15, -0.1) is 0 Å². The zero-order chi connectivity index (χ0) is 14.7. The number of rotatable bonds is 4. The summed E-state index contributed by atoms with van der Waals surface area (Å²) in [6.07, 6.45) is 0. The molecule has 0 amide bonds. The Morgan fingerprint density at radius 1 is 1.20 bits per heavy atom. The fraction of sp³-hybridized carbons (Fsp3) is 0.0714. The maximum Gasteiger partial charge on any atom is 0.338 e. The first-order valence-corrected chi connectivity index (χ1v) is 6.43. The molecular weight excluding hydrogens is 304 g/mol. The normalized spacial score (nSPS) is 10.3. The molecule has 3 nitrogen and oxygen atoms in total. The molecule has 104 valence electrons. The van der Waals surface area contributed by atoms with E-state index < -0.39 is 11.8 Å². The second kappa shape index (κ2) is 6.11. The third kappa shape index (κ3) is 3.40. The van der Waals surface area contributed by atoms with Crippen LogP contribution < -0.4 is 5.32 Å². The van der Waals surface area contributed by atoms with Crippen LogP contribution >= 0.6 is 23.2 Å². The van der Waals surface area contributed by atoms with E-state index in [0.717, 1.165) is 11.6 Å². The predicted octanol–water partition coefficient (Wildman–Crippen LogP) is 4.44. The SMILES string of the molecule is O=C(O)c1cc(NCc2ccc(Cl)cc2Cl)ccc1F. The van der Waals surface area contributed by atoms with Crippen LogP contribution in [0.1, 0.15) is 15.9 Å². The maximum absolute atomic E-state index is 13.2. The van der Waals surface area contributed by atoms with Crippen LogP contribution in [0.15, 0.2) is 36.4 Å². The highest BCUT2D eigenvalue weighted by Gasteiger charge is 2.10. The van der Waals surface area contributed by atoms with Crippen molar-refractivity contribution in [3.63, 3.8) is 0 Å². The van der Waals surface area contributed by atoms with Gasteiger partial charge in [0, 0.05) is 22.3 Å². The van der Waals surface area contributed by atoms with Crippen molar-refractivity contribution in [2.75, 3.05) is 5.32 Å². The Morgan fingerprint density at radius 3 is 2.60 bits per heavy atom. The number of carbonyl (C=O) groups is 1. The molecule has 0 aliphatic heterocycles. The third-order valence-electron chi connectivity index (χ3n) is 2.69. The zero-order valence-corrected chi connectivity index (χ0v) is 11.7. The highest BCUT2D eigenvalue weighted by atomic mass is 35.5. The van der Waals surface area contributed by atoms with E-state index >= 15 is 0 Å². The third-order valence-corrected chi connectivity index (χ3v) is 3.28. The quantitative estimate of drug-likeness (QED) is 0.877. The van der Waals surface area contributed by atoms with Crippen molar-refractivity contribution in [3.05, 3.63) is 63.4 Å². The standard InChI is InChI=1S/C14H10Cl2FNO2/c15-9-2-1-8(12(16)5-9)7-18-10-3-4-13(17)11(6-10)14(19)20/h1-6,18H,7H2,(H,19,20). The fourth-order valence-electron chi connectivity index (χ4n) is 1.66. The van der Waals surface area contributed by atoms with Gasteiger partial charge in [0.15, 0.2) is 0 Å². The Hall–Kier alpha value is -1.78. The number of hydrogen-bond acceptors (Lipinski definition) is 2. The number of halogens is 3. The van der Waals surface area contributed by atoms with E-state index in [-0.39, 0.29) is 5.56 Å². The highest BCUT2D eigenvalue weighted by Crippen LogP contribution is 2.22. The summed E-state index contributed by atoms with van der Waals surface area (Å²) in [6, 6.07) is 8.90. The Morgan fingerprint density at radius 2 is 1.95 bits per heavy atom. The monoisotopic (exact) mass is 313 g/mol. The lowest BCUT2D eigenvalue weighted by atomic mass is 10.1. The summed E-state index contributed by atoms with van der Waals surface area (Å²) in [4.78, 5) is 10.8. The lowest BCUT2D eigenvalue weighted by Gasteiger charge is -2.09. The van der Waals surface area contributed by atoms with Crippen molar-refractivity contribution in [1.82, 2.24) is 0 Å². The first kappa shape index (κ1) is 14.6. The average molecular weight is 314 g/mol. The maximum atomic E-state index is 13.2. The van der Waals surface area contributed by atoms with Gasteiger partial charge in [0.1, 0.15) is 5.82 Å². The van der Waals surface area contributed by atoms with Crippen LogP contribution in [0.2, 0.25) is 10.0 Å². The summed E-state index contributed by atoms with van der Waals surface area (Å²) in [6.45, 7) is 0.376. The zero-order valence-electron chi connectivity index (χ0n) is 10.2. The second-order valence-corrected chi connectivity index (χ2v) is 4.93. The Labute approximate surface area is 124 Å². The van der Waals surface area contributed by atoms with E-state index in [0.29, 0.717) is 22.3 Å². The van der Waals surface area contributed by atoms with Crippen LogP contribution in [0.5, 0.6) is 0 Å². The van der Waals surface area contributed by atoms with Gasteiger partial charge < -0.3 is 10.4 Å². The molecule has 0 spiro atoms. The van der Waals surface area contributed by atoms with Gasteiger partial charge in [0.05, 0.1) is 5.56 Å². The smallest absolute Gasteiger partial charge is 0.338 e. The summed E-state index contributed by atoms with van der Waals surface area (Å²) in [5.74, 6) is -2.08. The van der Waals surface area contributed by atoms with Crippen molar-refractivity contribution < 1.29 is 14.3 Å². The van der Waals surface area contributed by atoms with E-state index in [2.05, 4.69) is 5.32 Å². The molecule has 2 aromatic rings. The molecule has 6 heteroatoms. The molecule has 2 N–H and O–H groups in total. The van der Waals surface area contributed by atoms with Crippen LogP contribution in [0.3, 0.4) is 0 Å². The Balaban J connectivity index is 2.15. The van der Waals surface area contributed by atoms with Gasteiger partial charge in [-0.2, -0.15) is 0 Å². The molecule has 2 rings (SSSR count). The molecule has 20 heavy (non-hydrogen) atoms. The van der Waals surface area contributed by atoms with Crippen molar-refractivity contribution in [2.45, 2.75) is 6.54 Å². The molecule has 0 aliphatic rings. The molecule has 0 fully saturated rings. The lowest BCUT2D eigenvalue weighted by molar-refractivity contribution is 0.0692. The second-order valence-electron chi connectivity index (χ2n) is 4.09. The van der Waals surface area contributed by atoms with E-state index in [1.54, 1.807) is 18.2 Å². The van der Waals surface area contributed by atoms with Crippen LogP contribution in [-0.2, 0) is 6.54 Å². The van der Waals surface area contributed by atoms with Crippen molar-refractivity contribution >= 4 is 34.9 Å². The average Bonchev–Trinajstić information content (AvgIpc) is 2.39. The first-order chi connectivity index (χ1) is 9.47. The number of carboxylic acids is 1. The topological polar surface area (TPSA) is 49.3 Å². The van der Waals surface area contributed by atoms with Crippen LogP contribution in [0, 0.1) is 5.82 Å². The molecule has 0 aromatic heterocycles. The molecule has 0 radical (unpaired) electrons. The first-order valence-electron chi connectivity index (χ1n) is 5.68. The van der Waals surface area contributed by atoms with Gasteiger partial charge in [-0.25, -0.2) is 9.18 Å². The summed E-state index contributed by atoms with van der Waals surface area (Å²) >= 11 is 11.8. The molecule has 2 aromatic carbocycles. The van der Waals surface area contributed by atoms with Crippen LogP contribution in [-0.4, -0.2) is 11.1 Å². The number of anilines is 1. The Bertz CT molecular complexity index is 662. The minimum absolute atomic E-state index is 0.376. The van der Waals surface area contributed by atoms with Crippen molar-refractivity contribution in [3.8, 4) is 0 Å². The molecule has 0 heterocycles. The minimum atomic E-state index is -1.31. The lowest BCUT2D eigenvalue weighted by Crippen LogP contribution is -2.04.